The Labute approximate surface area is 168 Å². The van der Waals surface area contributed by atoms with E-state index >= 15 is 0 Å². The van der Waals surface area contributed by atoms with Gasteiger partial charge in [-0.05, 0) is 37.1 Å². The minimum absolute atomic E-state index is 0.0814. The van der Waals surface area contributed by atoms with Crippen LogP contribution in [-0.4, -0.2) is 51.1 Å². The third kappa shape index (κ3) is 2.97. The van der Waals surface area contributed by atoms with Gasteiger partial charge in [0.05, 0.1) is 29.5 Å². The number of aliphatic hydroxyl groups is 1. The summed E-state index contributed by atoms with van der Waals surface area (Å²) in [7, 11) is 0. The number of hydrogen-bond acceptors (Lipinski definition) is 3. The smallest absolute Gasteiger partial charge is 0.324 e. The quantitative estimate of drug-likeness (QED) is 0.737. The molecular weight excluding hydrogens is 371 g/mol. The summed E-state index contributed by atoms with van der Waals surface area (Å²) < 4.78 is 15.8. The molecule has 1 saturated carbocycles. The molecule has 0 bridgehead atoms. The van der Waals surface area contributed by atoms with Crippen molar-refractivity contribution in [3.05, 3.63) is 54.5 Å². The van der Waals surface area contributed by atoms with Gasteiger partial charge in [0, 0.05) is 18.5 Å². The molecule has 3 aromatic rings. The molecule has 5 rings (SSSR count). The van der Waals surface area contributed by atoms with Crippen molar-refractivity contribution in [1.82, 2.24) is 14.7 Å². The SMILES string of the molecule is O=C1N(c2cccc3c2cnn3-c2ccccc2F)CCN1[C@@H]1CCCC[C@H]1O. The van der Waals surface area contributed by atoms with Gasteiger partial charge < -0.3 is 10.0 Å². The number of para-hydroxylation sites is 1. The van der Waals surface area contributed by atoms with Crippen molar-refractivity contribution in [2.45, 2.75) is 37.8 Å². The zero-order valence-corrected chi connectivity index (χ0v) is 16.0. The maximum absolute atomic E-state index is 14.3. The molecule has 1 saturated heterocycles. The first kappa shape index (κ1) is 18.1. The molecule has 2 atom stereocenters. The molecule has 1 aromatic heterocycles. The Kier molecular flexibility index (Phi) is 4.47. The van der Waals surface area contributed by atoms with Gasteiger partial charge in [0.25, 0.3) is 0 Å². The van der Waals surface area contributed by atoms with Crippen molar-refractivity contribution >= 4 is 22.6 Å². The number of aliphatic hydroxyl groups excluding tert-OH is 1. The summed E-state index contributed by atoms with van der Waals surface area (Å²) in [6.45, 7) is 1.16. The van der Waals surface area contributed by atoms with E-state index in [0.29, 0.717) is 18.8 Å². The van der Waals surface area contributed by atoms with Gasteiger partial charge in [-0.1, -0.05) is 31.0 Å². The summed E-state index contributed by atoms with van der Waals surface area (Å²) in [5.74, 6) is -0.349. The first-order chi connectivity index (χ1) is 14.1. The fourth-order valence-corrected chi connectivity index (χ4v) is 4.63. The average molecular weight is 394 g/mol. The Morgan fingerprint density at radius 2 is 1.79 bits per heavy atom. The highest BCUT2D eigenvalue weighted by atomic mass is 19.1. The van der Waals surface area contributed by atoms with Gasteiger partial charge in [-0.2, -0.15) is 5.10 Å². The van der Waals surface area contributed by atoms with Crippen LogP contribution in [0.15, 0.2) is 48.7 Å². The van der Waals surface area contributed by atoms with E-state index in [1.165, 1.54) is 6.07 Å². The van der Waals surface area contributed by atoms with Crippen molar-refractivity contribution in [1.29, 1.82) is 0 Å². The molecule has 6 nitrogen and oxygen atoms in total. The molecule has 29 heavy (non-hydrogen) atoms. The third-order valence-corrected chi connectivity index (χ3v) is 6.10. The lowest BCUT2D eigenvalue weighted by molar-refractivity contribution is 0.0455. The van der Waals surface area contributed by atoms with E-state index in [2.05, 4.69) is 5.10 Å². The number of nitrogens with zero attached hydrogens (tertiary/aromatic N) is 4. The topological polar surface area (TPSA) is 61.6 Å². The monoisotopic (exact) mass is 394 g/mol. The van der Waals surface area contributed by atoms with Crippen molar-refractivity contribution in [2.75, 3.05) is 18.0 Å². The molecule has 7 heteroatoms. The number of urea groups is 1. The van der Waals surface area contributed by atoms with Crippen molar-refractivity contribution in [2.24, 2.45) is 0 Å². The van der Waals surface area contributed by atoms with E-state index in [4.69, 9.17) is 0 Å². The second-order valence-electron chi connectivity index (χ2n) is 7.76. The lowest BCUT2D eigenvalue weighted by Gasteiger charge is -2.34. The minimum atomic E-state index is -0.452. The molecule has 1 aliphatic carbocycles. The lowest BCUT2D eigenvalue weighted by atomic mass is 9.91. The van der Waals surface area contributed by atoms with Crippen LogP contribution in [0.3, 0.4) is 0 Å². The zero-order chi connectivity index (χ0) is 20.0. The summed E-state index contributed by atoms with van der Waals surface area (Å²) in [5, 5.41) is 15.6. The number of fused-ring (bicyclic) bond motifs is 1. The molecule has 2 aromatic carbocycles. The van der Waals surface area contributed by atoms with E-state index in [-0.39, 0.29) is 17.9 Å². The minimum Gasteiger partial charge on any atom is -0.391 e. The molecular formula is C22H23FN4O2. The van der Waals surface area contributed by atoms with Crippen molar-refractivity contribution in [3.63, 3.8) is 0 Å². The number of halogens is 1. The van der Waals surface area contributed by atoms with E-state index in [1.807, 2.05) is 23.1 Å². The van der Waals surface area contributed by atoms with E-state index in [1.54, 1.807) is 34.0 Å². The normalized spacial score (nSPS) is 22.6. The summed E-state index contributed by atoms with van der Waals surface area (Å²) in [6, 6.07) is 12.0. The van der Waals surface area contributed by atoms with Crippen molar-refractivity contribution < 1.29 is 14.3 Å². The number of carbonyl (C=O) groups is 1. The van der Waals surface area contributed by atoms with Crippen LogP contribution in [0.2, 0.25) is 0 Å². The number of hydrogen-bond donors (Lipinski definition) is 1. The average Bonchev–Trinajstić information content (AvgIpc) is 3.33. The predicted molar refractivity (Wildman–Crippen MR) is 109 cm³/mol. The molecule has 1 N–H and O–H groups in total. The second-order valence-corrected chi connectivity index (χ2v) is 7.76. The van der Waals surface area contributed by atoms with Crippen LogP contribution in [-0.2, 0) is 0 Å². The Balaban J connectivity index is 1.50. The standard InChI is InChI=1S/C22H23FN4O2/c23-16-6-1-2-7-19(16)27-18-10-5-9-17(15(18)14-24-27)25-12-13-26(22(25)29)20-8-3-4-11-21(20)28/h1-2,5-7,9-10,14,20-21,28H,3-4,8,11-13H2/t20-,21-/m1/s1. The molecule has 2 fully saturated rings. The number of carbonyl (C=O) groups excluding carboxylic acids is 1. The number of rotatable bonds is 3. The van der Waals surface area contributed by atoms with Crippen molar-refractivity contribution in [3.8, 4) is 5.69 Å². The fourth-order valence-electron chi connectivity index (χ4n) is 4.63. The molecule has 0 radical (unpaired) electrons. The van der Waals surface area contributed by atoms with Crippen LogP contribution in [0, 0.1) is 5.82 Å². The largest absolute Gasteiger partial charge is 0.391 e. The summed E-state index contributed by atoms with van der Waals surface area (Å²) in [5.41, 5.74) is 1.89. The maximum Gasteiger partial charge on any atom is 0.324 e. The molecule has 2 heterocycles. The van der Waals surface area contributed by atoms with Crippen LogP contribution in [0.4, 0.5) is 14.9 Å². The number of amides is 2. The molecule has 1 aliphatic heterocycles. The molecule has 2 amide bonds. The molecule has 0 spiro atoms. The molecule has 150 valence electrons. The van der Waals surface area contributed by atoms with Crippen LogP contribution in [0.25, 0.3) is 16.6 Å². The van der Waals surface area contributed by atoms with Crippen LogP contribution in [0.1, 0.15) is 25.7 Å². The van der Waals surface area contributed by atoms with Gasteiger partial charge in [-0.25, -0.2) is 13.9 Å². The Morgan fingerprint density at radius 1 is 1.00 bits per heavy atom. The second kappa shape index (κ2) is 7.15. The van der Waals surface area contributed by atoms with Gasteiger partial charge in [-0.3, -0.25) is 4.90 Å². The van der Waals surface area contributed by atoms with Crippen LogP contribution in [0.5, 0.6) is 0 Å². The summed E-state index contributed by atoms with van der Waals surface area (Å²) in [4.78, 5) is 16.7. The highest BCUT2D eigenvalue weighted by molar-refractivity contribution is 6.03. The fraction of sp³-hybridized carbons (Fsp3) is 0.364. The highest BCUT2D eigenvalue weighted by Gasteiger charge is 2.39. The number of benzene rings is 2. The third-order valence-electron chi connectivity index (χ3n) is 6.10. The molecule has 0 unspecified atom stereocenters. The van der Waals surface area contributed by atoms with Gasteiger partial charge in [0.15, 0.2) is 0 Å². The first-order valence-electron chi connectivity index (χ1n) is 10.1. The Hall–Kier alpha value is -2.93. The number of anilines is 1. The Bertz CT molecular complexity index is 1070. The summed E-state index contributed by atoms with van der Waals surface area (Å²) in [6.07, 6.45) is 4.87. The van der Waals surface area contributed by atoms with Crippen LogP contribution < -0.4 is 4.90 Å². The molecule has 2 aliphatic rings. The van der Waals surface area contributed by atoms with Crippen LogP contribution >= 0.6 is 0 Å². The van der Waals surface area contributed by atoms with E-state index in [9.17, 15) is 14.3 Å². The first-order valence-corrected chi connectivity index (χ1v) is 10.1. The lowest BCUT2D eigenvalue weighted by Crippen LogP contribution is -2.47. The number of aromatic nitrogens is 2. The zero-order valence-electron chi connectivity index (χ0n) is 16.0. The van der Waals surface area contributed by atoms with Gasteiger partial charge in [0.2, 0.25) is 0 Å². The maximum atomic E-state index is 14.3. The van der Waals surface area contributed by atoms with E-state index < -0.39 is 6.10 Å². The Morgan fingerprint density at radius 3 is 2.62 bits per heavy atom. The van der Waals surface area contributed by atoms with Gasteiger partial charge in [0.1, 0.15) is 11.5 Å². The van der Waals surface area contributed by atoms with E-state index in [0.717, 1.165) is 42.3 Å². The van der Waals surface area contributed by atoms with Gasteiger partial charge in [-0.15, -0.1) is 0 Å². The highest BCUT2D eigenvalue weighted by Crippen LogP contribution is 2.33. The summed E-state index contributed by atoms with van der Waals surface area (Å²) >= 11 is 0. The predicted octanol–water partition coefficient (Wildman–Crippen LogP) is 3.71. The van der Waals surface area contributed by atoms with Gasteiger partial charge >= 0.3 is 6.03 Å².